The van der Waals surface area contributed by atoms with Crippen molar-refractivity contribution in [2.75, 3.05) is 6.61 Å². The molecule has 0 spiro atoms. The molecule has 2 fully saturated rings. The number of hydrogen-bond acceptors (Lipinski definition) is 11. The van der Waals surface area contributed by atoms with Gasteiger partial charge >= 0.3 is 0 Å². The number of rotatable bonds is 3. The monoisotopic (exact) mass is 380 g/mol. The van der Waals surface area contributed by atoms with Crippen molar-refractivity contribution in [2.45, 2.75) is 67.3 Å². The summed E-state index contributed by atoms with van der Waals surface area (Å²) in [4.78, 5) is 0. The molecule has 1 saturated heterocycles. The summed E-state index contributed by atoms with van der Waals surface area (Å²) in [7, 11) is 0. The first kappa shape index (κ1) is 19.9. The van der Waals surface area contributed by atoms with Crippen molar-refractivity contribution in [3.8, 4) is 0 Å². The van der Waals surface area contributed by atoms with Crippen LogP contribution in [0.3, 0.4) is 0 Å². The van der Waals surface area contributed by atoms with Crippen LogP contribution in [0.25, 0.3) is 0 Å². The van der Waals surface area contributed by atoms with Crippen molar-refractivity contribution in [1.82, 2.24) is 0 Å². The van der Waals surface area contributed by atoms with Crippen LogP contribution in [-0.2, 0) is 14.2 Å². The number of aliphatic hydroxyl groups excluding tert-OH is 6. The Balaban J connectivity index is 1.85. The summed E-state index contributed by atoms with van der Waals surface area (Å²) in [5.41, 5.74) is -4.11. The summed E-state index contributed by atoms with van der Waals surface area (Å²) < 4.78 is 15.9. The molecule has 3 rings (SSSR count). The Morgan fingerprint density at radius 1 is 0.962 bits per heavy atom. The Kier molecular flexibility index (Phi) is 5.08. The summed E-state index contributed by atoms with van der Waals surface area (Å²) in [6.07, 6.45) is -10.7. The van der Waals surface area contributed by atoms with Crippen molar-refractivity contribution < 1.29 is 55.1 Å². The number of ether oxygens (including phenoxy) is 3. The van der Waals surface area contributed by atoms with E-state index in [1.165, 1.54) is 6.92 Å². The van der Waals surface area contributed by atoms with Crippen LogP contribution in [0.5, 0.6) is 0 Å². The molecule has 1 aliphatic carbocycles. The van der Waals surface area contributed by atoms with Gasteiger partial charge in [0.25, 0.3) is 0 Å². The Morgan fingerprint density at radius 3 is 2.23 bits per heavy atom. The average Bonchev–Trinajstić information content (AvgIpc) is 2.73. The standard InChI is InChI=1S/C15H24O11/c1-14(22)9-13(24-3-2-15(9,23)11(21)10(14)20)26-12-8(19)7(18)6(17)5(4-16)25-12/h2-3,5-13,16-23H,4H2,1H3/t5-,6+,7+,8-,9-,10+,11-,12+,13+,14+,15-/m1/s1. The van der Waals surface area contributed by atoms with E-state index in [9.17, 15) is 40.9 Å². The van der Waals surface area contributed by atoms with E-state index in [0.717, 1.165) is 12.3 Å². The zero-order valence-electron chi connectivity index (χ0n) is 13.9. The highest BCUT2D eigenvalue weighted by atomic mass is 16.8. The van der Waals surface area contributed by atoms with Crippen LogP contribution in [0.2, 0.25) is 0 Å². The zero-order valence-corrected chi connectivity index (χ0v) is 13.9. The lowest BCUT2D eigenvalue weighted by Crippen LogP contribution is -2.62. The minimum Gasteiger partial charge on any atom is -0.472 e. The van der Waals surface area contributed by atoms with Gasteiger partial charge in [-0.1, -0.05) is 0 Å². The highest BCUT2D eigenvalue weighted by Gasteiger charge is 2.69. The van der Waals surface area contributed by atoms with Gasteiger partial charge in [-0.15, -0.1) is 0 Å². The van der Waals surface area contributed by atoms with Crippen molar-refractivity contribution in [2.24, 2.45) is 5.92 Å². The van der Waals surface area contributed by atoms with Gasteiger partial charge in [0.15, 0.2) is 6.29 Å². The van der Waals surface area contributed by atoms with Gasteiger partial charge in [0.2, 0.25) is 6.29 Å². The minimum atomic E-state index is -2.08. The van der Waals surface area contributed by atoms with E-state index < -0.39 is 72.9 Å². The Hall–Kier alpha value is -0.860. The van der Waals surface area contributed by atoms with Gasteiger partial charge in [-0.2, -0.15) is 0 Å². The molecular formula is C15H24O11. The van der Waals surface area contributed by atoms with Crippen molar-refractivity contribution in [1.29, 1.82) is 0 Å². The number of fused-ring (bicyclic) bond motifs is 1. The molecule has 2 aliphatic heterocycles. The zero-order chi connectivity index (χ0) is 19.4. The largest absolute Gasteiger partial charge is 0.472 e. The molecule has 0 amide bonds. The summed E-state index contributed by atoms with van der Waals surface area (Å²) in [5.74, 6) is -1.38. The fourth-order valence-corrected chi connectivity index (χ4v) is 3.83. The van der Waals surface area contributed by atoms with Gasteiger partial charge in [-0.05, 0) is 13.0 Å². The second-order valence-electron chi connectivity index (χ2n) is 7.12. The third-order valence-corrected chi connectivity index (χ3v) is 5.44. The Morgan fingerprint density at radius 2 is 1.62 bits per heavy atom. The molecule has 150 valence electrons. The second kappa shape index (κ2) is 6.63. The highest BCUT2D eigenvalue weighted by molar-refractivity contribution is 5.24. The van der Waals surface area contributed by atoms with Crippen LogP contribution < -0.4 is 0 Å². The summed E-state index contributed by atoms with van der Waals surface area (Å²) >= 11 is 0. The second-order valence-corrected chi connectivity index (χ2v) is 7.12. The molecule has 1 saturated carbocycles. The molecule has 11 atom stereocenters. The molecule has 3 aliphatic rings. The van der Waals surface area contributed by atoms with E-state index in [-0.39, 0.29) is 0 Å². The molecule has 0 radical (unpaired) electrons. The van der Waals surface area contributed by atoms with Gasteiger partial charge in [0.05, 0.1) is 18.8 Å². The SMILES string of the molecule is C[C@]1(O)[C@H]2[C@H](O[C@@H]3O[C@H](CO)[C@H](O)[C@H](O)[C@H]3O)OC=C[C@]2(O)[C@H](O)[C@@H]1O. The van der Waals surface area contributed by atoms with Gasteiger partial charge in [-0.3, -0.25) is 0 Å². The summed E-state index contributed by atoms with van der Waals surface area (Å²) in [5, 5.41) is 80.3. The minimum absolute atomic E-state index is 0.668. The first-order valence-corrected chi connectivity index (χ1v) is 8.15. The van der Waals surface area contributed by atoms with Crippen LogP contribution in [0.15, 0.2) is 12.3 Å². The first-order chi connectivity index (χ1) is 12.1. The quantitative estimate of drug-likeness (QED) is 0.235. The predicted octanol–water partition coefficient (Wildman–Crippen LogP) is -4.49. The Labute approximate surface area is 148 Å². The maximum absolute atomic E-state index is 10.7. The maximum Gasteiger partial charge on any atom is 0.210 e. The lowest BCUT2D eigenvalue weighted by atomic mass is 9.81. The van der Waals surface area contributed by atoms with Gasteiger partial charge in [-0.25, -0.2) is 0 Å². The average molecular weight is 380 g/mol. The Bertz CT molecular complexity index is 552. The van der Waals surface area contributed by atoms with Crippen LogP contribution in [0.4, 0.5) is 0 Å². The van der Waals surface area contributed by atoms with Crippen LogP contribution >= 0.6 is 0 Å². The van der Waals surface area contributed by atoms with Crippen molar-refractivity contribution in [3.63, 3.8) is 0 Å². The van der Waals surface area contributed by atoms with Crippen molar-refractivity contribution >= 4 is 0 Å². The van der Waals surface area contributed by atoms with Crippen molar-refractivity contribution in [3.05, 3.63) is 12.3 Å². The van der Waals surface area contributed by atoms with Gasteiger partial charge in [0.1, 0.15) is 47.8 Å². The lowest BCUT2D eigenvalue weighted by molar-refractivity contribution is -0.352. The highest BCUT2D eigenvalue weighted by Crippen LogP contribution is 2.49. The fraction of sp³-hybridized carbons (Fsp3) is 0.867. The predicted molar refractivity (Wildman–Crippen MR) is 79.9 cm³/mol. The van der Waals surface area contributed by atoms with E-state index in [4.69, 9.17) is 14.2 Å². The van der Waals surface area contributed by atoms with E-state index >= 15 is 0 Å². The third-order valence-electron chi connectivity index (χ3n) is 5.44. The smallest absolute Gasteiger partial charge is 0.210 e. The molecule has 11 nitrogen and oxygen atoms in total. The molecule has 0 bridgehead atoms. The van der Waals surface area contributed by atoms with Gasteiger partial charge in [0, 0.05) is 0 Å². The first-order valence-electron chi connectivity index (χ1n) is 8.15. The topological polar surface area (TPSA) is 190 Å². The molecule has 0 aromatic heterocycles. The molecule has 11 heteroatoms. The third kappa shape index (κ3) is 2.76. The van der Waals surface area contributed by atoms with E-state index in [2.05, 4.69) is 0 Å². The molecule has 0 aromatic carbocycles. The summed E-state index contributed by atoms with van der Waals surface area (Å²) in [6.45, 7) is 0.508. The van der Waals surface area contributed by atoms with Gasteiger partial charge < -0.3 is 55.1 Å². The fourth-order valence-electron chi connectivity index (χ4n) is 3.83. The van der Waals surface area contributed by atoms with Crippen LogP contribution in [-0.4, -0.2) is 108 Å². The number of aliphatic hydroxyl groups is 8. The molecule has 0 aromatic rings. The van der Waals surface area contributed by atoms with E-state index in [0.29, 0.717) is 0 Å². The maximum atomic E-state index is 10.7. The molecule has 2 heterocycles. The molecule has 26 heavy (non-hydrogen) atoms. The van der Waals surface area contributed by atoms with E-state index in [1.807, 2.05) is 0 Å². The molecular weight excluding hydrogens is 356 g/mol. The lowest BCUT2D eigenvalue weighted by Gasteiger charge is -2.45. The van der Waals surface area contributed by atoms with Crippen LogP contribution in [0, 0.1) is 5.92 Å². The van der Waals surface area contributed by atoms with Crippen LogP contribution in [0.1, 0.15) is 6.92 Å². The molecule has 8 N–H and O–H groups in total. The molecule has 0 unspecified atom stereocenters. The summed E-state index contributed by atoms with van der Waals surface area (Å²) in [6, 6.07) is 0. The number of hydrogen-bond donors (Lipinski definition) is 8. The normalized spacial score (nSPS) is 56.9. The van der Waals surface area contributed by atoms with E-state index in [1.54, 1.807) is 0 Å².